The molecule has 23 heteroatoms. The van der Waals surface area contributed by atoms with Crippen LogP contribution in [0.2, 0.25) is 0 Å². The molecule has 7 atom stereocenters. The van der Waals surface area contributed by atoms with Gasteiger partial charge in [0.2, 0.25) is 39.0 Å². The number of hydrogen-bond donors (Lipinski definition) is 3. The van der Waals surface area contributed by atoms with Gasteiger partial charge in [0, 0.05) is 31.4 Å². The number of alkyl halides is 6. The van der Waals surface area contributed by atoms with Gasteiger partial charge in [-0.2, -0.15) is 26.3 Å². The maximum atomic E-state index is 15.0. The number of fused-ring (bicyclic) bond motifs is 3. The number of hydrogen-bond acceptors (Lipinski definition) is 12. The number of nitrogens with zero attached hydrogens (tertiary/aromatic N) is 3. The fraction of sp³-hybridized carbons (Fsp3) is 0.667. The Morgan fingerprint density at radius 1 is 1.05 bits per heavy atom. The van der Waals surface area contributed by atoms with Crippen LogP contribution in [-0.4, -0.2) is 114 Å². The second-order valence-corrected chi connectivity index (χ2v) is 20.6. The number of carbonyl (C=O) groups excluding carboxylic acids is 4. The van der Waals surface area contributed by atoms with Crippen molar-refractivity contribution in [2.24, 2.45) is 17.8 Å². The molecule has 1 aromatic carbocycles. The van der Waals surface area contributed by atoms with Crippen LogP contribution in [0.3, 0.4) is 0 Å². The van der Waals surface area contributed by atoms with E-state index in [1.54, 1.807) is 26.0 Å². The summed E-state index contributed by atoms with van der Waals surface area (Å²) in [6, 6.07) is 0.631. The first-order valence-corrected chi connectivity index (χ1v) is 22.7. The SMILES string of the molecule is COC[C@@H]1C[C@H](C)CC/C=C\[C@H]2C[C@]2(C(=O)NS(=O)(=O)C2(C)CC2)NC(=O)[C@@H]2C[C@@H](Oc3nc4cc(OC(C)C)ccc4nc3C(F)(F)F)CN2C(=O)[C@H]1NC(=O)OC(C)(C)C(F)(F)F. The second-order valence-electron chi connectivity index (χ2n) is 18.4. The van der Waals surface area contributed by atoms with Crippen LogP contribution in [0.15, 0.2) is 30.4 Å². The molecule has 2 aliphatic carbocycles. The number of nitrogens with one attached hydrogen (secondary N) is 3. The molecule has 2 aromatic rings. The van der Waals surface area contributed by atoms with Crippen LogP contribution in [-0.2, 0) is 40.1 Å². The van der Waals surface area contributed by atoms with Crippen LogP contribution >= 0.6 is 0 Å². The molecule has 1 aromatic heterocycles. The van der Waals surface area contributed by atoms with Gasteiger partial charge in [0.05, 0.1) is 35.0 Å². The van der Waals surface area contributed by atoms with Gasteiger partial charge in [0.25, 0.3) is 5.91 Å². The van der Waals surface area contributed by atoms with Gasteiger partial charge in [-0.15, -0.1) is 0 Å². The van der Waals surface area contributed by atoms with Crippen molar-refractivity contribution in [2.75, 3.05) is 20.3 Å². The lowest BCUT2D eigenvalue weighted by Gasteiger charge is -2.35. The third-order valence-corrected chi connectivity index (χ3v) is 14.4. The Bertz CT molecular complexity index is 2310. The number of halogens is 6. The predicted molar refractivity (Wildman–Crippen MR) is 220 cm³/mol. The summed E-state index contributed by atoms with van der Waals surface area (Å²) in [5, 5.41) is 4.90. The Kier molecular flexibility index (Phi) is 13.7. The monoisotopic (exact) mass is 948 g/mol. The highest BCUT2D eigenvalue weighted by Gasteiger charge is 2.63. The molecular weight excluding hydrogens is 895 g/mol. The molecule has 0 unspecified atom stereocenters. The van der Waals surface area contributed by atoms with Crippen molar-refractivity contribution >= 4 is 44.9 Å². The lowest BCUT2D eigenvalue weighted by molar-refractivity contribution is -0.244. The lowest BCUT2D eigenvalue weighted by Crippen LogP contribution is -2.60. The molecule has 3 fully saturated rings. The van der Waals surface area contributed by atoms with Crippen LogP contribution in [0.5, 0.6) is 11.6 Å². The Labute approximate surface area is 372 Å². The summed E-state index contributed by atoms with van der Waals surface area (Å²) >= 11 is 0. The number of rotatable bonds is 11. The third kappa shape index (κ3) is 10.9. The highest BCUT2D eigenvalue weighted by atomic mass is 32.2. The fourth-order valence-corrected chi connectivity index (χ4v) is 9.34. The van der Waals surface area contributed by atoms with E-state index in [9.17, 15) is 53.9 Å². The van der Waals surface area contributed by atoms with Crippen molar-refractivity contribution in [3.8, 4) is 11.6 Å². The summed E-state index contributed by atoms with van der Waals surface area (Å²) in [6.45, 7) is 7.10. The first kappa shape index (κ1) is 49.5. The molecule has 3 heterocycles. The Morgan fingerprint density at radius 3 is 2.35 bits per heavy atom. The fourth-order valence-electron chi connectivity index (χ4n) is 8.03. The zero-order chi connectivity index (χ0) is 48.1. The van der Waals surface area contributed by atoms with Gasteiger partial charge in [-0.25, -0.2) is 23.2 Å². The smallest absolute Gasteiger partial charge is 0.438 e. The van der Waals surface area contributed by atoms with Crippen LogP contribution in [0, 0.1) is 17.8 Å². The quantitative estimate of drug-likeness (QED) is 0.183. The van der Waals surface area contributed by atoms with Gasteiger partial charge < -0.3 is 34.5 Å². The number of benzene rings is 1. The Morgan fingerprint density at radius 2 is 1.74 bits per heavy atom. The molecule has 16 nitrogen and oxygen atoms in total. The molecule has 0 bridgehead atoms. The van der Waals surface area contributed by atoms with Gasteiger partial charge in [0.1, 0.15) is 29.5 Å². The van der Waals surface area contributed by atoms with Crippen LogP contribution in [0.4, 0.5) is 31.1 Å². The molecule has 4 amide bonds. The summed E-state index contributed by atoms with van der Waals surface area (Å²) in [5.74, 6) is -5.78. The van der Waals surface area contributed by atoms with Crippen molar-refractivity contribution in [3.05, 3.63) is 36.0 Å². The standard InChI is InChI=1S/C42H54F6N6O10S/c1-22(2)62-26-12-13-28-29(17-26)50-34(32(49-28)41(43,44)45)63-27-18-30-33(55)52-40(36(57)53-65(59,60)39(6)14-15-39)19-25(40)11-9-8-10-23(3)16-24(21-61-7)31(35(56)54(30)20-27)51-37(58)64-38(4,5)42(46,47)48/h9,11-13,17,22-25,27,30-31H,8,10,14-16,18-21H2,1-7H3,(H,51,58)(H,52,55)(H,53,57)/b11-9-/t23-,24+,25+,27-,30+,31+,40+/m1/s1. The number of carbonyl (C=O) groups is 4. The minimum Gasteiger partial charge on any atom is -0.491 e. The van der Waals surface area contributed by atoms with E-state index < -0.39 is 117 Å². The summed E-state index contributed by atoms with van der Waals surface area (Å²) in [7, 11) is -2.91. The van der Waals surface area contributed by atoms with E-state index in [4.69, 9.17) is 18.9 Å². The Balaban J connectivity index is 1.42. The van der Waals surface area contributed by atoms with Crippen molar-refractivity contribution in [2.45, 2.75) is 139 Å². The summed E-state index contributed by atoms with van der Waals surface area (Å²) in [4.78, 5) is 65.7. The minimum absolute atomic E-state index is 0.0471. The maximum Gasteiger partial charge on any atom is 0.438 e. The zero-order valence-corrected chi connectivity index (χ0v) is 37.7. The number of sulfonamides is 1. The van der Waals surface area contributed by atoms with Gasteiger partial charge in [-0.1, -0.05) is 19.1 Å². The van der Waals surface area contributed by atoms with Gasteiger partial charge in [-0.05, 0) is 91.2 Å². The number of alkyl carbamates (subject to hydrolysis) is 1. The van der Waals surface area contributed by atoms with Crippen molar-refractivity contribution < 1.29 is 72.9 Å². The maximum absolute atomic E-state index is 15.0. The van der Waals surface area contributed by atoms with E-state index >= 15 is 0 Å². The summed E-state index contributed by atoms with van der Waals surface area (Å²) in [5.41, 5.74) is -6.59. The van der Waals surface area contributed by atoms with Gasteiger partial charge in [-0.3, -0.25) is 19.1 Å². The third-order valence-electron chi connectivity index (χ3n) is 12.3. The van der Waals surface area contributed by atoms with Crippen LogP contribution < -0.4 is 24.8 Å². The molecule has 4 aliphatic rings. The van der Waals surface area contributed by atoms with Crippen molar-refractivity contribution in [3.63, 3.8) is 0 Å². The normalized spacial score (nSPS) is 27.9. The summed E-state index contributed by atoms with van der Waals surface area (Å²) in [6.07, 6.45) is -9.09. The molecule has 6 rings (SSSR count). The average molecular weight is 949 g/mol. The molecule has 0 spiro atoms. The number of amides is 4. The van der Waals surface area contributed by atoms with Gasteiger partial charge in [0.15, 0.2) is 0 Å². The largest absolute Gasteiger partial charge is 0.491 e. The number of allylic oxidation sites excluding steroid dienone is 1. The zero-order valence-electron chi connectivity index (χ0n) is 36.9. The Hall–Kier alpha value is -4.93. The molecule has 2 saturated carbocycles. The minimum atomic E-state index is -5.12. The highest BCUT2D eigenvalue weighted by molar-refractivity contribution is 7.91. The number of aromatic nitrogens is 2. The van der Waals surface area contributed by atoms with E-state index in [2.05, 4.69) is 25.3 Å². The molecule has 0 radical (unpaired) electrons. The van der Waals surface area contributed by atoms with Crippen LogP contribution in [0.25, 0.3) is 11.0 Å². The van der Waals surface area contributed by atoms with E-state index in [0.717, 1.165) is 4.90 Å². The van der Waals surface area contributed by atoms with E-state index in [1.807, 2.05) is 6.92 Å². The molecular formula is C42H54F6N6O10S. The molecule has 65 heavy (non-hydrogen) atoms. The number of methoxy groups -OCH3 is 1. The number of ether oxygens (including phenoxy) is 4. The summed E-state index contributed by atoms with van der Waals surface area (Å²) < 4.78 is 135. The van der Waals surface area contributed by atoms with Crippen LogP contribution in [0.1, 0.15) is 92.2 Å². The molecule has 1 saturated heterocycles. The highest BCUT2D eigenvalue weighted by Crippen LogP contribution is 2.48. The van der Waals surface area contributed by atoms with E-state index in [-0.39, 0.29) is 48.3 Å². The second kappa shape index (κ2) is 18.0. The average Bonchev–Trinajstić information content (AvgIpc) is 4.06. The topological polar surface area (TPSA) is 204 Å². The lowest BCUT2D eigenvalue weighted by atomic mass is 9.87. The molecule has 360 valence electrons. The van der Waals surface area contributed by atoms with Crippen molar-refractivity contribution in [1.29, 1.82) is 0 Å². The first-order valence-electron chi connectivity index (χ1n) is 21.2. The predicted octanol–water partition coefficient (Wildman–Crippen LogP) is 5.73. The van der Waals surface area contributed by atoms with Crippen molar-refractivity contribution in [1.82, 2.24) is 30.2 Å². The van der Waals surface area contributed by atoms with E-state index in [0.29, 0.717) is 39.5 Å². The van der Waals surface area contributed by atoms with E-state index in [1.165, 1.54) is 32.2 Å². The molecule has 2 aliphatic heterocycles. The van der Waals surface area contributed by atoms with Gasteiger partial charge >= 0.3 is 18.4 Å². The first-order chi connectivity index (χ1) is 30.1. The molecule has 3 N–H and O–H groups in total.